The van der Waals surface area contributed by atoms with Gasteiger partial charge in [0.25, 0.3) is 0 Å². The summed E-state index contributed by atoms with van der Waals surface area (Å²) in [5, 5.41) is 3.42. The van der Waals surface area contributed by atoms with Gasteiger partial charge in [-0.1, -0.05) is 18.5 Å². The Bertz CT molecular complexity index is 522. The maximum Gasteiger partial charge on any atom is 0.234 e. The van der Waals surface area contributed by atoms with Crippen LogP contribution in [0.5, 0.6) is 11.5 Å². The third kappa shape index (κ3) is 4.78. The van der Waals surface area contributed by atoms with Crippen molar-refractivity contribution in [2.24, 2.45) is 0 Å². The second-order valence-corrected chi connectivity index (χ2v) is 5.88. The Morgan fingerprint density at radius 1 is 1.36 bits per heavy atom. The summed E-state index contributed by atoms with van der Waals surface area (Å²) in [6, 6.07) is 3.81. The summed E-state index contributed by atoms with van der Waals surface area (Å²) < 4.78 is 11.3. The van der Waals surface area contributed by atoms with Crippen molar-refractivity contribution in [2.45, 2.75) is 26.3 Å². The Morgan fingerprint density at radius 2 is 2.14 bits per heavy atom. The number of likely N-dealkylation sites (N-methyl/N-ethyl adjacent to an activating group) is 1. The summed E-state index contributed by atoms with van der Waals surface area (Å²) in [5.74, 6) is 1.33. The van der Waals surface area contributed by atoms with Crippen molar-refractivity contribution in [3.05, 3.63) is 22.7 Å². The first-order valence-electron chi connectivity index (χ1n) is 7.63. The van der Waals surface area contributed by atoms with Gasteiger partial charge in [-0.3, -0.25) is 9.69 Å². The van der Waals surface area contributed by atoms with Crippen LogP contribution in [0.25, 0.3) is 0 Å². The van der Waals surface area contributed by atoms with Crippen LogP contribution in [0.3, 0.4) is 0 Å². The lowest BCUT2D eigenvalue weighted by atomic mass is 10.2. The van der Waals surface area contributed by atoms with Gasteiger partial charge in [-0.15, -0.1) is 0 Å². The van der Waals surface area contributed by atoms with Crippen LogP contribution in [0, 0.1) is 0 Å². The second-order valence-electron chi connectivity index (χ2n) is 5.48. The van der Waals surface area contributed by atoms with Crippen LogP contribution in [0.1, 0.15) is 25.3 Å². The molecule has 0 aromatic heterocycles. The van der Waals surface area contributed by atoms with Crippen molar-refractivity contribution in [1.29, 1.82) is 0 Å². The molecule has 1 aromatic carbocycles. The van der Waals surface area contributed by atoms with E-state index in [4.69, 9.17) is 21.1 Å². The van der Waals surface area contributed by atoms with Crippen LogP contribution in [-0.2, 0) is 11.3 Å². The van der Waals surface area contributed by atoms with Crippen molar-refractivity contribution in [2.75, 3.05) is 33.4 Å². The Balaban J connectivity index is 1.99. The Morgan fingerprint density at radius 3 is 2.91 bits per heavy atom. The molecule has 0 aliphatic carbocycles. The molecule has 6 heteroatoms. The van der Waals surface area contributed by atoms with Crippen molar-refractivity contribution in [3.8, 4) is 11.5 Å². The van der Waals surface area contributed by atoms with Gasteiger partial charge >= 0.3 is 0 Å². The Kier molecular flexibility index (Phi) is 6.34. The number of rotatable bonds is 6. The average Bonchev–Trinajstić information content (AvgIpc) is 2.70. The molecule has 0 saturated carbocycles. The largest absolute Gasteiger partial charge is 0.489 e. The second kappa shape index (κ2) is 8.25. The molecule has 0 saturated heterocycles. The van der Waals surface area contributed by atoms with Gasteiger partial charge in [0.05, 0.1) is 24.8 Å². The van der Waals surface area contributed by atoms with Crippen LogP contribution in [0.4, 0.5) is 0 Å². The molecule has 22 heavy (non-hydrogen) atoms. The monoisotopic (exact) mass is 326 g/mol. The van der Waals surface area contributed by atoms with Gasteiger partial charge in [-0.05, 0) is 31.2 Å². The van der Waals surface area contributed by atoms with Crippen LogP contribution in [-0.4, -0.2) is 44.2 Å². The normalized spacial score (nSPS) is 13.8. The summed E-state index contributed by atoms with van der Waals surface area (Å²) in [7, 11) is 1.91. The zero-order valence-corrected chi connectivity index (χ0v) is 13.9. The number of amides is 1. The number of ether oxygens (including phenoxy) is 2. The zero-order valence-electron chi connectivity index (χ0n) is 13.2. The summed E-state index contributed by atoms with van der Waals surface area (Å²) in [6.45, 7) is 4.96. The molecule has 0 spiro atoms. The molecule has 122 valence electrons. The maximum absolute atomic E-state index is 11.7. The van der Waals surface area contributed by atoms with E-state index in [9.17, 15) is 4.79 Å². The van der Waals surface area contributed by atoms with E-state index in [-0.39, 0.29) is 5.91 Å². The van der Waals surface area contributed by atoms with E-state index >= 15 is 0 Å². The van der Waals surface area contributed by atoms with Crippen molar-refractivity contribution >= 4 is 17.5 Å². The highest BCUT2D eigenvalue weighted by atomic mass is 35.5. The molecule has 1 heterocycles. The van der Waals surface area contributed by atoms with Crippen LogP contribution >= 0.6 is 11.6 Å². The maximum atomic E-state index is 11.7. The molecule has 5 nitrogen and oxygen atoms in total. The van der Waals surface area contributed by atoms with Crippen LogP contribution in [0.2, 0.25) is 5.02 Å². The van der Waals surface area contributed by atoms with Crippen molar-refractivity contribution in [3.63, 3.8) is 0 Å². The average molecular weight is 327 g/mol. The van der Waals surface area contributed by atoms with Gasteiger partial charge in [0, 0.05) is 19.5 Å². The minimum Gasteiger partial charge on any atom is -0.489 e. The number of hydrogen-bond donors (Lipinski definition) is 1. The molecule has 1 aromatic rings. The fraction of sp³-hybridized carbons (Fsp3) is 0.562. The van der Waals surface area contributed by atoms with Crippen LogP contribution < -0.4 is 14.8 Å². The Hall–Kier alpha value is -1.46. The minimum absolute atomic E-state index is 0.0322. The first kappa shape index (κ1) is 16.9. The number of halogens is 1. The molecule has 2 rings (SSSR count). The van der Waals surface area contributed by atoms with Crippen molar-refractivity contribution < 1.29 is 14.3 Å². The predicted octanol–water partition coefficient (Wildman–Crippen LogP) is 2.46. The zero-order chi connectivity index (χ0) is 15.9. The smallest absolute Gasteiger partial charge is 0.234 e. The van der Waals surface area contributed by atoms with E-state index in [1.165, 1.54) is 0 Å². The molecule has 0 bridgehead atoms. The topological polar surface area (TPSA) is 50.8 Å². The lowest BCUT2D eigenvalue weighted by Crippen LogP contribution is -2.35. The molecular weight excluding hydrogens is 304 g/mol. The summed E-state index contributed by atoms with van der Waals surface area (Å²) >= 11 is 6.27. The number of nitrogens with one attached hydrogen (secondary N) is 1. The highest BCUT2D eigenvalue weighted by Crippen LogP contribution is 2.38. The number of benzene rings is 1. The number of nitrogens with zero attached hydrogens (tertiary/aromatic N) is 1. The fourth-order valence-corrected chi connectivity index (χ4v) is 2.60. The number of carbonyl (C=O) groups excluding carboxylic acids is 1. The third-order valence-corrected chi connectivity index (χ3v) is 3.58. The lowest BCUT2D eigenvalue weighted by molar-refractivity contribution is -0.122. The van der Waals surface area contributed by atoms with Gasteiger partial charge in [-0.2, -0.15) is 0 Å². The van der Waals surface area contributed by atoms with Gasteiger partial charge in [0.1, 0.15) is 0 Å². The highest BCUT2D eigenvalue weighted by Gasteiger charge is 2.16. The molecule has 1 amide bonds. The summed E-state index contributed by atoms with van der Waals surface area (Å²) in [6.07, 6.45) is 1.78. The van der Waals surface area contributed by atoms with E-state index in [1.54, 1.807) is 0 Å². The summed E-state index contributed by atoms with van der Waals surface area (Å²) in [5.41, 5.74) is 1.00. The van der Waals surface area contributed by atoms with Gasteiger partial charge in [0.15, 0.2) is 11.5 Å². The number of fused-ring (bicyclic) bond motifs is 1. The molecule has 0 unspecified atom stereocenters. The first-order chi connectivity index (χ1) is 10.6. The SMILES string of the molecule is CCCNC(=O)CN(C)Cc1cc(Cl)c2c(c1)OCCCO2. The molecule has 1 N–H and O–H groups in total. The quantitative estimate of drug-likeness (QED) is 0.872. The van der Waals surface area contributed by atoms with E-state index in [0.717, 1.165) is 18.4 Å². The Labute approximate surface area is 136 Å². The lowest BCUT2D eigenvalue weighted by Gasteiger charge is -2.18. The summed E-state index contributed by atoms with van der Waals surface area (Å²) in [4.78, 5) is 13.7. The molecule has 1 aliphatic rings. The van der Waals surface area contributed by atoms with E-state index in [2.05, 4.69) is 5.32 Å². The van der Waals surface area contributed by atoms with E-state index < -0.39 is 0 Å². The number of carbonyl (C=O) groups is 1. The number of hydrogen-bond acceptors (Lipinski definition) is 4. The molecule has 0 radical (unpaired) electrons. The molecular formula is C16H23ClN2O3. The molecule has 1 aliphatic heterocycles. The molecule has 0 atom stereocenters. The van der Waals surface area contributed by atoms with Gasteiger partial charge in [0.2, 0.25) is 5.91 Å². The molecule has 0 fully saturated rings. The predicted molar refractivity (Wildman–Crippen MR) is 86.7 cm³/mol. The minimum atomic E-state index is 0.0322. The van der Waals surface area contributed by atoms with Crippen molar-refractivity contribution in [1.82, 2.24) is 10.2 Å². The highest BCUT2D eigenvalue weighted by molar-refractivity contribution is 6.32. The van der Waals surface area contributed by atoms with Gasteiger partial charge < -0.3 is 14.8 Å². The van der Waals surface area contributed by atoms with E-state index in [1.807, 2.05) is 31.0 Å². The van der Waals surface area contributed by atoms with Gasteiger partial charge in [-0.25, -0.2) is 0 Å². The third-order valence-electron chi connectivity index (χ3n) is 3.30. The first-order valence-corrected chi connectivity index (χ1v) is 8.01. The van der Waals surface area contributed by atoms with E-state index in [0.29, 0.717) is 49.4 Å². The standard InChI is InChI=1S/C16H23ClN2O3/c1-3-5-18-15(20)11-19(2)10-12-8-13(17)16-14(9-12)21-6-4-7-22-16/h8-9H,3-7,10-11H2,1-2H3,(H,18,20). The van der Waals surface area contributed by atoms with Crippen LogP contribution in [0.15, 0.2) is 12.1 Å². The fourth-order valence-electron chi connectivity index (χ4n) is 2.31.